The minimum absolute atomic E-state index is 0.0455. The molecule has 6 nitrogen and oxygen atoms in total. The van der Waals surface area contributed by atoms with E-state index in [1.807, 2.05) is 4.90 Å². The van der Waals surface area contributed by atoms with Gasteiger partial charge >= 0.3 is 12.0 Å². The van der Waals surface area contributed by atoms with Crippen molar-refractivity contribution in [2.75, 3.05) is 39.8 Å². The number of fused-ring (bicyclic) bond motifs is 1. The molecule has 1 unspecified atom stereocenters. The molecule has 114 valence electrons. The van der Waals surface area contributed by atoms with E-state index < -0.39 is 5.97 Å². The van der Waals surface area contributed by atoms with Gasteiger partial charge in [-0.25, -0.2) is 4.79 Å². The van der Waals surface area contributed by atoms with Crippen molar-refractivity contribution < 1.29 is 14.7 Å². The van der Waals surface area contributed by atoms with Crippen molar-refractivity contribution in [3.63, 3.8) is 0 Å². The van der Waals surface area contributed by atoms with Gasteiger partial charge in [0.05, 0.1) is 0 Å². The van der Waals surface area contributed by atoms with Crippen LogP contribution in [0.2, 0.25) is 0 Å². The van der Waals surface area contributed by atoms with Crippen LogP contribution < -0.4 is 0 Å². The third-order valence-electron chi connectivity index (χ3n) is 4.28. The highest BCUT2D eigenvalue weighted by Crippen LogP contribution is 2.21. The van der Waals surface area contributed by atoms with Crippen LogP contribution in [0.5, 0.6) is 0 Å². The number of urea groups is 1. The molecule has 2 fully saturated rings. The molecule has 0 aromatic rings. The van der Waals surface area contributed by atoms with Crippen LogP contribution in [-0.2, 0) is 4.79 Å². The molecule has 2 amide bonds. The van der Waals surface area contributed by atoms with E-state index in [4.69, 9.17) is 5.11 Å². The first kappa shape index (κ1) is 15.1. The molecule has 0 radical (unpaired) electrons. The first-order valence-corrected chi connectivity index (χ1v) is 7.54. The molecule has 0 aromatic carbocycles. The zero-order valence-electron chi connectivity index (χ0n) is 12.3. The highest BCUT2D eigenvalue weighted by atomic mass is 16.4. The fourth-order valence-electron chi connectivity index (χ4n) is 3.18. The van der Waals surface area contributed by atoms with Crippen LogP contribution in [0.15, 0.2) is 0 Å². The first-order valence-electron chi connectivity index (χ1n) is 7.54. The number of carboxylic acid groups (broad SMARTS) is 1. The molecule has 0 saturated carbocycles. The minimum atomic E-state index is -0.804. The van der Waals surface area contributed by atoms with Gasteiger partial charge in [-0.1, -0.05) is 0 Å². The lowest BCUT2D eigenvalue weighted by molar-refractivity contribution is -0.137. The smallest absolute Gasteiger partial charge is 0.319 e. The molecule has 0 spiro atoms. The van der Waals surface area contributed by atoms with Crippen molar-refractivity contribution in [1.82, 2.24) is 14.7 Å². The van der Waals surface area contributed by atoms with Gasteiger partial charge in [-0.3, -0.25) is 9.69 Å². The Morgan fingerprint density at radius 1 is 1.25 bits per heavy atom. The summed E-state index contributed by atoms with van der Waals surface area (Å²) in [4.78, 5) is 29.0. The molecule has 6 heteroatoms. The predicted octanol–water partition coefficient (Wildman–Crippen LogP) is 1.07. The Kier molecular flexibility index (Phi) is 5.23. The summed E-state index contributed by atoms with van der Waals surface area (Å²) in [6.45, 7) is 4.41. The van der Waals surface area contributed by atoms with Gasteiger partial charge in [0.15, 0.2) is 0 Å². The first-order chi connectivity index (χ1) is 9.58. The largest absolute Gasteiger partial charge is 0.481 e. The van der Waals surface area contributed by atoms with Crippen molar-refractivity contribution in [1.29, 1.82) is 0 Å². The van der Waals surface area contributed by atoms with Crippen LogP contribution in [0.1, 0.15) is 32.1 Å². The molecule has 0 aliphatic carbocycles. The van der Waals surface area contributed by atoms with Gasteiger partial charge in [-0.2, -0.15) is 0 Å². The van der Waals surface area contributed by atoms with E-state index in [1.54, 1.807) is 11.9 Å². The summed E-state index contributed by atoms with van der Waals surface area (Å²) in [5.41, 5.74) is 0. The van der Waals surface area contributed by atoms with Crippen LogP contribution in [0, 0.1) is 0 Å². The number of amides is 2. The molecule has 2 heterocycles. The Hall–Kier alpha value is -1.30. The Bertz CT molecular complexity index is 362. The Morgan fingerprint density at radius 2 is 2.00 bits per heavy atom. The summed E-state index contributed by atoms with van der Waals surface area (Å²) >= 11 is 0. The van der Waals surface area contributed by atoms with Gasteiger partial charge in [-0.15, -0.1) is 0 Å². The molecule has 2 saturated heterocycles. The number of aliphatic carboxylic acids is 1. The number of carboxylic acids is 1. The van der Waals surface area contributed by atoms with E-state index in [1.165, 1.54) is 19.4 Å². The van der Waals surface area contributed by atoms with Crippen molar-refractivity contribution in [2.45, 2.75) is 38.1 Å². The fraction of sp³-hybridized carbons (Fsp3) is 0.857. The molecule has 2 aliphatic heterocycles. The zero-order chi connectivity index (χ0) is 14.5. The van der Waals surface area contributed by atoms with Crippen LogP contribution in [0.3, 0.4) is 0 Å². The number of hydrogen-bond donors (Lipinski definition) is 1. The Morgan fingerprint density at radius 3 is 2.75 bits per heavy atom. The lowest BCUT2D eigenvalue weighted by Gasteiger charge is -2.29. The lowest BCUT2D eigenvalue weighted by Crippen LogP contribution is -2.45. The lowest BCUT2D eigenvalue weighted by atomic mass is 10.2. The molecule has 20 heavy (non-hydrogen) atoms. The van der Waals surface area contributed by atoms with E-state index in [9.17, 15) is 9.59 Å². The maximum atomic E-state index is 12.4. The van der Waals surface area contributed by atoms with Crippen molar-refractivity contribution in [3.8, 4) is 0 Å². The minimum Gasteiger partial charge on any atom is -0.481 e. The van der Waals surface area contributed by atoms with Crippen LogP contribution in [0.4, 0.5) is 4.79 Å². The van der Waals surface area contributed by atoms with Gasteiger partial charge < -0.3 is 14.9 Å². The SMILES string of the molecule is CN(CCCC(=O)O)C(=O)N1CCCN2CCCC2C1. The highest BCUT2D eigenvalue weighted by Gasteiger charge is 2.31. The summed E-state index contributed by atoms with van der Waals surface area (Å²) in [6, 6.07) is 0.568. The highest BCUT2D eigenvalue weighted by molar-refractivity contribution is 5.74. The van der Waals surface area contributed by atoms with E-state index >= 15 is 0 Å². The summed E-state index contributed by atoms with van der Waals surface area (Å²) < 4.78 is 0. The van der Waals surface area contributed by atoms with Crippen LogP contribution in [-0.4, -0.2) is 77.6 Å². The van der Waals surface area contributed by atoms with E-state index in [2.05, 4.69) is 4.90 Å². The number of rotatable bonds is 4. The summed E-state index contributed by atoms with van der Waals surface area (Å²) in [5, 5.41) is 8.63. The van der Waals surface area contributed by atoms with Crippen molar-refractivity contribution in [3.05, 3.63) is 0 Å². The zero-order valence-corrected chi connectivity index (χ0v) is 12.3. The summed E-state index contributed by atoms with van der Waals surface area (Å²) in [6.07, 6.45) is 4.09. The van der Waals surface area contributed by atoms with Gasteiger partial charge in [0.1, 0.15) is 0 Å². The average molecular weight is 283 g/mol. The van der Waals surface area contributed by atoms with Crippen molar-refractivity contribution in [2.24, 2.45) is 0 Å². The quantitative estimate of drug-likeness (QED) is 0.838. The van der Waals surface area contributed by atoms with Crippen LogP contribution in [0.25, 0.3) is 0 Å². The van der Waals surface area contributed by atoms with Gasteiger partial charge in [0.2, 0.25) is 0 Å². The molecule has 1 atom stereocenters. The summed E-state index contributed by atoms with van der Waals surface area (Å²) in [5.74, 6) is -0.804. The summed E-state index contributed by atoms with van der Waals surface area (Å²) in [7, 11) is 1.77. The second kappa shape index (κ2) is 6.92. The molecule has 1 N–H and O–H groups in total. The standard InChI is InChI=1S/C14H25N3O3/c1-15(7-3-6-13(18)19)14(20)17-10-4-9-16-8-2-5-12(16)11-17/h12H,2-11H2,1H3,(H,18,19). The number of carbonyl (C=O) groups is 2. The third kappa shape index (κ3) is 3.85. The molecular weight excluding hydrogens is 258 g/mol. The predicted molar refractivity (Wildman–Crippen MR) is 75.7 cm³/mol. The average Bonchev–Trinajstić information content (AvgIpc) is 2.74. The van der Waals surface area contributed by atoms with E-state index in [0.717, 1.165) is 26.1 Å². The van der Waals surface area contributed by atoms with Gasteiger partial charge in [0, 0.05) is 45.7 Å². The molecule has 0 aromatic heterocycles. The Balaban J connectivity index is 1.82. The molecule has 2 aliphatic rings. The topological polar surface area (TPSA) is 64.1 Å². The second-order valence-electron chi connectivity index (χ2n) is 5.83. The van der Waals surface area contributed by atoms with Crippen molar-refractivity contribution >= 4 is 12.0 Å². The molecule has 2 rings (SSSR count). The third-order valence-corrected chi connectivity index (χ3v) is 4.28. The maximum absolute atomic E-state index is 12.4. The number of nitrogens with zero attached hydrogens (tertiary/aromatic N) is 3. The molecule has 0 bridgehead atoms. The van der Waals surface area contributed by atoms with E-state index in [-0.39, 0.29) is 12.5 Å². The normalized spacial score (nSPS) is 23.2. The van der Waals surface area contributed by atoms with Crippen LogP contribution >= 0.6 is 0 Å². The monoisotopic (exact) mass is 283 g/mol. The molecular formula is C14H25N3O3. The number of hydrogen-bond acceptors (Lipinski definition) is 3. The second-order valence-corrected chi connectivity index (χ2v) is 5.83. The Labute approximate surface area is 120 Å². The van der Waals surface area contributed by atoms with Gasteiger partial charge in [-0.05, 0) is 32.2 Å². The maximum Gasteiger partial charge on any atom is 0.319 e. The van der Waals surface area contributed by atoms with E-state index in [0.29, 0.717) is 19.0 Å². The number of carbonyl (C=O) groups excluding carboxylic acids is 1. The van der Waals surface area contributed by atoms with Gasteiger partial charge in [0.25, 0.3) is 0 Å². The fourth-order valence-corrected chi connectivity index (χ4v) is 3.18.